The highest BCUT2D eigenvalue weighted by Gasteiger charge is 2.15. The van der Waals surface area contributed by atoms with Gasteiger partial charge in [0.1, 0.15) is 15.6 Å². The molecule has 0 fully saturated rings. The van der Waals surface area contributed by atoms with E-state index in [9.17, 15) is 13.0 Å². The molecule has 0 saturated carbocycles. The van der Waals surface area contributed by atoms with E-state index in [0.29, 0.717) is 0 Å². The monoisotopic (exact) mass is 370 g/mol. The Kier molecular flexibility index (Phi) is 4.71. The van der Waals surface area contributed by atoms with E-state index in [1.54, 1.807) is 18.5 Å². The Balaban J connectivity index is 0.000000160. The van der Waals surface area contributed by atoms with Crippen LogP contribution in [-0.2, 0) is 24.2 Å². The van der Waals surface area contributed by atoms with E-state index >= 15 is 0 Å². The molecule has 0 amide bonds. The lowest BCUT2D eigenvalue weighted by atomic mass is 10.2. The molecule has 2 aromatic carbocycles. The molecule has 0 N–H and O–H groups in total. The van der Waals surface area contributed by atoms with E-state index in [4.69, 9.17) is 0 Å². The Morgan fingerprint density at radius 2 is 1.73 bits per heavy atom. The summed E-state index contributed by atoms with van der Waals surface area (Å²) in [5.41, 5.74) is 4.85. The largest absolute Gasteiger partial charge is 0.744 e. The SMILES string of the molecule is Cc1ccc(S(=O)(=O)[O-])cc1.Cn1cnc2c1nc1ccccc1[n+]2C. The summed E-state index contributed by atoms with van der Waals surface area (Å²) in [6, 6.07) is 13.9. The highest BCUT2D eigenvalue weighted by molar-refractivity contribution is 7.85. The van der Waals surface area contributed by atoms with Crippen LogP contribution in [0.15, 0.2) is 59.8 Å². The Hall–Kier alpha value is -2.84. The van der Waals surface area contributed by atoms with Crippen molar-refractivity contribution in [2.75, 3.05) is 0 Å². The molecular formula is C18H18N4O3S. The summed E-state index contributed by atoms with van der Waals surface area (Å²) in [4.78, 5) is 8.73. The molecule has 0 unspecified atom stereocenters. The van der Waals surface area contributed by atoms with Crippen LogP contribution in [-0.4, -0.2) is 27.5 Å². The number of para-hydroxylation sites is 2. The molecule has 0 radical (unpaired) electrons. The van der Waals surface area contributed by atoms with Crippen molar-refractivity contribution in [3.8, 4) is 0 Å². The molecule has 134 valence electrons. The van der Waals surface area contributed by atoms with Crippen molar-refractivity contribution in [1.82, 2.24) is 14.5 Å². The zero-order valence-electron chi connectivity index (χ0n) is 14.6. The van der Waals surface area contributed by atoms with Gasteiger partial charge < -0.3 is 4.55 Å². The summed E-state index contributed by atoms with van der Waals surface area (Å²) < 4.78 is 35.2. The number of imidazole rings is 1. The Morgan fingerprint density at radius 1 is 1.08 bits per heavy atom. The molecule has 4 rings (SSSR count). The minimum atomic E-state index is -4.27. The first kappa shape index (κ1) is 18.0. The molecule has 0 aliphatic rings. The van der Waals surface area contributed by atoms with Crippen molar-refractivity contribution in [3.05, 3.63) is 60.4 Å². The molecule has 26 heavy (non-hydrogen) atoms. The molecule has 0 aliphatic heterocycles. The lowest BCUT2D eigenvalue weighted by Crippen LogP contribution is -2.31. The van der Waals surface area contributed by atoms with Crippen LogP contribution in [0.4, 0.5) is 0 Å². The van der Waals surface area contributed by atoms with Gasteiger partial charge in [0.2, 0.25) is 12.0 Å². The maximum Gasteiger partial charge on any atom is 0.368 e. The number of fused-ring (bicyclic) bond motifs is 2. The van der Waals surface area contributed by atoms with Crippen LogP contribution in [0.1, 0.15) is 5.56 Å². The standard InChI is InChI=1S/C11H11N4.C7H8O3S/c1-14-7-12-10-11(14)13-8-5-3-4-6-9(8)15(10)2;1-6-2-4-7(5-3-6)11(8,9)10/h3-7H,1-2H3;2-5H,1H3,(H,8,9,10)/q+1;/p-1. The van der Waals surface area contributed by atoms with E-state index in [0.717, 1.165) is 27.9 Å². The number of nitrogens with zero attached hydrogens (tertiary/aromatic N) is 4. The van der Waals surface area contributed by atoms with Gasteiger partial charge in [-0.05, 0) is 36.2 Å². The van der Waals surface area contributed by atoms with E-state index in [2.05, 4.69) is 20.6 Å². The highest BCUT2D eigenvalue weighted by atomic mass is 32.2. The number of aromatic nitrogens is 4. The van der Waals surface area contributed by atoms with Crippen molar-refractivity contribution in [2.24, 2.45) is 14.1 Å². The third-order valence-corrected chi connectivity index (χ3v) is 4.83. The van der Waals surface area contributed by atoms with E-state index in [-0.39, 0.29) is 4.90 Å². The predicted molar refractivity (Wildman–Crippen MR) is 96.3 cm³/mol. The lowest BCUT2D eigenvalue weighted by molar-refractivity contribution is -0.619. The minimum Gasteiger partial charge on any atom is -0.744 e. The average Bonchev–Trinajstić information content (AvgIpc) is 2.97. The summed E-state index contributed by atoms with van der Waals surface area (Å²) in [7, 11) is -0.301. The van der Waals surface area contributed by atoms with Crippen LogP contribution in [0.2, 0.25) is 0 Å². The van der Waals surface area contributed by atoms with Crippen LogP contribution in [0, 0.1) is 6.92 Å². The first-order valence-electron chi connectivity index (χ1n) is 7.86. The van der Waals surface area contributed by atoms with Gasteiger partial charge in [0.05, 0.1) is 11.9 Å². The molecule has 0 atom stereocenters. The molecule has 8 heteroatoms. The van der Waals surface area contributed by atoms with Gasteiger partial charge in [-0.2, -0.15) is 0 Å². The average molecular weight is 370 g/mol. The molecule has 2 heterocycles. The van der Waals surface area contributed by atoms with Crippen molar-refractivity contribution in [2.45, 2.75) is 11.8 Å². The molecule has 0 saturated heterocycles. The molecule has 0 bridgehead atoms. The van der Waals surface area contributed by atoms with E-state index < -0.39 is 10.1 Å². The first-order chi connectivity index (χ1) is 12.3. The van der Waals surface area contributed by atoms with Gasteiger partial charge in [0.25, 0.3) is 0 Å². The Morgan fingerprint density at radius 3 is 2.38 bits per heavy atom. The van der Waals surface area contributed by atoms with E-state index in [1.165, 1.54) is 12.1 Å². The number of rotatable bonds is 1. The third kappa shape index (κ3) is 3.56. The van der Waals surface area contributed by atoms with Gasteiger partial charge in [-0.15, -0.1) is 0 Å². The molecule has 0 spiro atoms. The second kappa shape index (κ2) is 6.81. The van der Waals surface area contributed by atoms with Crippen molar-refractivity contribution >= 4 is 32.4 Å². The fraction of sp³-hybridized carbons (Fsp3) is 0.167. The number of hydrogen-bond donors (Lipinski definition) is 0. The zero-order chi connectivity index (χ0) is 18.9. The van der Waals surface area contributed by atoms with Crippen LogP contribution in [0.5, 0.6) is 0 Å². The lowest BCUT2D eigenvalue weighted by Gasteiger charge is -2.05. The minimum absolute atomic E-state index is 0.178. The maximum absolute atomic E-state index is 10.4. The summed E-state index contributed by atoms with van der Waals surface area (Å²) in [6.45, 7) is 1.82. The van der Waals surface area contributed by atoms with Gasteiger partial charge in [-0.3, -0.25) is 4.57 Å². The van der Waals surface area contributed by atoms with Gasteiger partial charge >= 0.3 is 5.65 Å². The molecule has 4 aromatic rings. The molecule has 7 nitrogen and oxygen atoms in total. The Labute approximate surface area is 151 Å². The van der Waals surface area contributed by atoms with Crippen LogP contribution in [0.3, 0.4) is 0 Å². The summed E-state index contributed by atoms with van der Waals surface area (Å²) in [5, 5.41) is 0. The molecule has 2 aromatic heterocycles. The predicted octanol–water partition coefficient (Wildman–Crippen LogP) is 1.85. The van der Waals surface area contributed by atoms with Gasteiger partial charge in [-0.1, -0.05) is 29.8 Å². The number of benzene rings is 2. The summed E-state index contributed by atoms with van der Waals surface area (Å²) in [5.74, 6) is 0. The normalized spacial score (nSPS) is 11.4. The topological polar surface area (TPSA) is 91.8 Å². The van der Waals surface area contributed by atoms with Gasteiger partial charge in [0.15, 0.2) is 5.52 Å². The zero-order valence-corrected chi connectivity index (χ0v) is 15.4. The third-order valence-electron chi connectivity index (χ3n) is 3.98. The van der Waals surface area contributed by atoms with Crippen molar-refractivity contribution in [3.63, 3.8) is 0 Å². The van der Waals surface area contributed by atoms with Gasteiger partial charge in [-0.25, -0.2) is 18.0 Å². The fourth-order valence-corrected chi connectivity index (χ4v) is 3.02. The van der Waals surface area contributed by atoms with Crippen LogP contribution >= 0.6 is 0 Å². The quantitative estimate of drug-likeness (QED) is 0.377. The van der Waals surface area contributed by atoms with E-state index in [1.807, 2.05) is 43.8 Å². The smallest absolute Gasteiger partial charge is 0.368 e. The second-order valence-corrected chi connectivity index (χ2v) is 7.31. The molecule has 0 aliphatic carbocycles. The van der Waals surface area contributed by atoms with Crippen molar-refractivity contribution < 1.29 is 17.5 Å². The second-order valence-electron chi connectivity index (χ2n) is 5.93. The summed E-state index contributed by atoms with van der Waals surface area (Å²) >= 11 is 0. The van der Waals surface area contributed by atoms with Crippen LogP contribution in [0.25, 0.3) is 22.3 Å². The first-order valence-corrected chi connectivity index (χ1v) is 9.26. The van der Waals surface area contributed by atoms with Gasteiger partial charge in [0, 0.05) is 7.05 Å². The number of aryl methyl sites for hydroxylation is 3. The maximum atomic E-state index is 10.4. The highest BCUT2D eigenvalue weighted by Crippen LogP contribution is 2.11. The fourth-order valence-electron chi connectivity index (χ4n) is 2.55. The van der Waals surface area contributed by atoms with Crippen molar-refractivity contribution in [1.29, 1.82) is 0 Å². The van der Waals surface area contributed by atoms with Crippen LogP contribution < -0.4 is 4.57 Å². The Bertz CT molecular complexity index is 1180. The summed E-state index contributed by atoms with van der Waals surface area (Å²) in [6.07, 6.45) is 1.79. The molecular weight excluding hydrogens is 352 g/mol. The number of hydrogen-bond acceptors (Lipinski definition) is 5.